The third kappa shape index (κ3) is 8.01. The van der Waals surface area contributed by atoms with E-state index in [0.717, 1.165) is 59.2 Å². The number of nitrogens with zero attached hydrogens (tertiary/aromatic N) is 3. The van der Waals surface area contributed by atoms with E-state index in [9.17, 15) is 31.2 Å². The summed E-state index contributed by atoms with van der Waals surface area (Å²) in [5.41, 5.74) is -1.56. The van der Waals surface area contributed by atoms with Crippen molar-refractivity contribution in [3.63, 3.8) is 0 Å². The molecule has 9 nitrogen and oxygen atoms in total. The van der Waals surface area contributed by atoms with Crippen LogP contribution in [0.15, 0.2) is 66.7 Å². The number of sulfonamides is 1. The highest BCUT2D eigenvalue weighted by Gasteiger charge is 2.47. The lowest BCUT2D eigenvalue weighted by Crippen LogP contribution is -2.41. The number of amides is 2. The molecule has 0 fully saturated rings. The second-order valence-electron chi connectivity index (χ2n) is 10.6. The van der Waals surface area contributed by atoms with Crippen molar-refractivity contribution in [3.8, 4) is 16.9 Å². The first-order valence-corrected chi connectivity index (χ1v) is 16.1. The summed E-state index contributed by atoms with van der Waals surface area (Å²) in [5.74, 6) is 0.727. The summed E-state index contributed by atoms with van der Waals surface area (Å²) in [6, 6.07) is 18.9. The number of carbonyl (C=O) groups excluding carboxylic acids is 2. The second-order valence-corrected chi connectivity index (χ2v) is 12.3. The number of nitrogens with one attached hydrogen (secondary N) is 1. The number of hydrogen-bond donors (Lipinski definition) is 1. The normalized spacial score (nSPS) is 11.9. The van der Waals surface area contributed by atoms with Crippen LogP contribution < -0.4 is 9.46 Å². The Morgan fingerprint density at radius 3 is 2.33 bits per heavy atom. The van der Waals surface area contributed by atoms with Gasteiger partial charge in [0, 0.05) is 37.7 Å². The number of rotatable bonds is 12. The van der Waals surface area contributed by atoms with Crippen molar-refractivity contribution >= 4 is 33.1 Å². The summed E-state index contributed by atoms with van der Waals surface area (Å²) in [5, 5.41) is 0. The van der Waals surface area contributed by atoms with E-state index in [1.807, 2.05) is 24.3 Å². The molecule has 1 aromatic heterocycles. The zero-order valence-corrected chi connectivity index (χ0v) is 26.0. The molecule has 0 atom stereocenters. The fourth-order valence-electron chi connectivity index (χ4n) is 4.78. The lowest BCUT2D eigenvalue weighted by molar-refractivity contribution is -0.0446. The quantitative estimate of drug-likeness (QED) is 0.180. The smallest absolute Gasteiger partial charge is 0.409 e. The SMILES string of the molecule is CCCCc1nc2ccc(C(=O)N(C)CCCC)cc2n1Cc1ccc(-c2ccccc2OC(=O)NS(=O)(=O)C(F)(F)F)cc1. The van der Waals surface area contributed by atoms with Crippen molar-refractivity contribution in [1.29, 1.82) is 0 Å². The van der Waals surface area contributed by atoms with Crippen LogP contribution in [0.3, 0.4) is 0 Å². The van der Waals surface area contributed by atoms with Gasteiger partial charge in [0.25, 0.3) is 5.91 Å². The zero-order chi connectivity index (χ0) is 32.8. The lowest BCUT2D eigenvalue weighted by atomic mass is 10.0. The van der Waals surface area contributed by atoms with Gasteiger partial charge in [0.05, 0.1) is 11.0 Å². The molecular formula is C32H35F3N4O5S. The molecule has 0 aliphatic rings. The van der Waals surface area contributed by atoms with Gasteiger partial charge < -0.3 is 14.2 Å². The van der Waals surface area contributed by atoms with E-state index < -0.39 is 21.6 Å². The molecule has 0 aliphatic carbocycles. The van der Waals surface area contributed by atoms with Gasteiger partial charge in [-0.1, -0.05) is 69.2 Å². The minimum absolute atomic E-state index is 0.0527. The number of fused-ring (bicyclic) bond motifs is 1. The first kappa shape index (κ1) is 33.5. The van der Waals surface area contributed by atoms with Gasteiger partial charge in [-0.15, -0.1) is 0 Å². The summed E-state index contributed by atoms with van der Waals surface area (Å²) in [6.07, 6.45) is 2.83. The van der Waals surface area contributed by atoms with Crippen LogP contribution in [0, 0.1) is 0 Å². The third-order valence-corrected chi connectivity index (χ3v) is 8.28. The fraction of sp³-hybridized carbons (Fsp3) is 0.344. The Kier molecular flexibility index (Phi) is 10.5. The maximum Gasteiger partial charge on any atom is 0.516 e. The lowest BCUT2D eigenvalue weighted by Gasteiger charge is -2.17. The molecular weight excluding hydrogens is 609 g/mol. The van der Waals surface area contributed by atoms with Gasteiger partial charge in [-0.05, 0) is 48.2 Å². The summed E-state index contributed by atoms with van der Waals surface area (Å²) in [6.45, 7) is 5.33. The number of aromatic nitrogens is 2. The molecule has 0 saturated heterocycles. The number of benzene rings is 3. The van der Waals surface area contributed by atoms with Crippen molar-refractivity contribution in [2.75, 3.05) is 13.6 Å². The fourth-order valence-corrected chi connectivity index (χ4v) is 5.16. The molecule has 240 valence electrons. The first-order valence-electron chi connectivity index (χ1n) is 14.6. The zero-order valence-electron chi connectivity index (χ0n) is 25.2. The Hall–Kier alpha value is -4.39. The highest BCUT2D eigenvalue weighted by molar-refractivity contribution is 7.90. The molecule has 0 radical (unpaired) electrons. The predicted molar refractivity (Wildman–Crippen MR) is 165 cm³/mol. The molecule has 1 N–H and O–H groups in total. The number of carbonyl (C=O) groups is 2. The monoisotopic (exact) mass is 644 g/mol. The van der Waals surface area contributed by atoms with Crippen LogP contribution in [0.2, 0.25) is 0 Å². The Balaban J connectivity index is 1.60. The number of aryl methyl sites for hydroxylation is 1. The van der Waals surface area contributed by atoms with E-state index in [-0.39, 0.29) is 11.7 Å². The van der Waals surface area contributed by atoms with Crippen molar-refractivity contribution in [2.24, 2.45) is 0 Å². The molecule has 0 aliphatic heterocycles. The molecule has 0 saturated carbocycles. The van der Waals surface area contributed by atoms with Gasteiger partial charge in [0.2, 0.25) is 0 Å². The van der Waals surface area contributed by atoms with Crippen LogP contribution in [0.25, 0.3) is 22.2 Å². The number of alkyl halides is 3. The van der Waals surface area contributed by atoms with E-state index in [1.54, 1.807) is 42.3 Å². The van der Waals surface area contributed by atoms with E-state index >= 15 is 0 Å². The number of unbranched alkanes of at least 4 members (excludes halogenated alkanes) is 2. The molecule has 45 heavy (non-hydrogen) atoms. The van der Waals surface area contributed by atoms with Crippen LogP contribution in [0.4, 0.5) is 18.0 Å². The van der Waals surface area contributed by atoms with Crippen LogP contribution >= 0.6 is 0 Å². The Labute approximate surface area is 260 Å². The minimum atomic E-state index is -5.92. The van der Waals surface area contributed by atoms with Crippen molar-refractivity contribution in [1.82, 2.24) is 19.2 Å². The predicted octanol–water partition coefficient (Wildman–Crippen LogP) is 6.90. The van der Waals surface area contributed by atoms with Gasteiger partial charge in [0.15, 0.2) is 0 Å². The Bertz CT molecular complexity index is 1770. The number of imidazole rings is 1. The minimum Gasteiger partial charge on any atom is -0.409 e. The van der Waals surface area contributed by atoms with E-state index in [1.165, 1.54) is 12.1 Å². The van der Waals surface area contributed by atoms with E-state index in [4.69, 9.17) is 9.72 Å². The average molecular weight is 645 g/mol. The number of hydrogen-bond acceptors (Lipinski definition) is 6. The molecule has 13 heteroatoms. The van der Waals surface area contributed by atoms with Gasteiger partial charge in [-0.2, -0.15) is 21.6 Å². The maximum atomic E-state index is 13.1. The Morgan fingerprint density at radius 1 is 0.978 bits per heavy atom. The largest absolute Gasteiger partial charge is 0.516 e. The summed E-state index contributed by atoms with van der Waals surface area (Å²) < 4.78 is 68.5. The highest BCUT2D eigenvalue weighted by Crippen LogP contribution is 2.31. The number of ether oxygens (including phenoxy) is 1. The van der Waals surface area contributed by atoms with Crippen molar-refractivity contribution in [2.45, 2.75) is 58.0 Å². The molecule has 0 bridgehead atoms. The van der Waals surface area contributed by atoms with Crippen molar-refractivity contribution < 1.29 is 35.9 Å². The van der Waals surface area contributed by atoms with Crippen LogP contribution in [-0.2, 0) is 23.0 Å². The Morgan fingerprint density at radius 2 is 1.67 bits per heavy atom. The van der Waals surface area contributed by atoms with E-state index in [0.29, 0.717) is 29.8 Å². The summed E-state index contributed by atoms with van der Waals surface area (Å²) in [7, 11) is -4.12. The van der Waals surface area contributed by atoms with Crippen LogP contribution in [0.5, 0.6) is 5.75 Å². The topological polar surface area (TPSA) is 111 Å². The summed E-state index contributed by atoms with van der Waals surface area (Å²) in [4.78, 5) is 31.7. The van der Waals surface area contributed by atoms with Crippen molar-refractivity contribution in [3.05, 3.63) is 83.7 Å². The summed E-state index contributed by atoms with van der Waals surface area (Å²) >= 11 is 0. The van der Waals surface area contributed by atoms with Gasteiger partial charge in [0.1, 0.15) is 11.6 Å². The molecule has 0 unspecified atom stereocenters. The number of halogens is 3. The van der Waals surface area contributed by atoms with E-state index in [2.05, 4.69) is 18.4 Å². The van der Waals surface area contributed by atoms with Gasteiger partial charge in [-0.3, -0.25) is 4.79 Å². The molecule has 4 aromatic rings. The molecule has 0 spiro atoms. The third-order valence-electron chi connectivity index (χ3n) is 7.24. The average Bonchev–Trinajstić information content (AvgIpc) is 3.34. The van der Waals surface area contributed by atoms with Crippen LogP contribution in [0.1, 0.15) is 61.3 Å². The molecule has 1 heterocycles. The standard InChI is InChI=1S/C32H35F3N4O5S/c1-4-6-12-29-36-26-18-17-24(30(40)38(3)19-7-5-2)20-27(26)39(29)21-22-13-15-23(16-14-22)25-10-8-9-11-28(25)44-31(41)37-45(42,43)32(33,34)35/h8-11,13-18,20H,4-7,12,19,21H2,1-3H3,(H,37,41). The molecule has 3 aromatic carbocycles. The second kappa shape index (κ2) is 14.1. The molecule has 4 rings (SSSR count). The first-order chi connectivity index (χ1) is 21.3. The van der Waals surface area contributed by atoms with Gasteiger partial charge >= 0.3 is 21.6 Å². The van der Waals surface area contributed by atoms with Crippen LogP contribution in [-0.4, -0.2) is 54.0 Å². The number of para-hydroxylation sites is 1. The maximum absolute atomic E-state index is 13.1. The molecule has 2 amide bonds. The highest BCUT2D eigenvalue weighted by atomic mass is 32.2. The van der Waals surface area contributed by atoms with Gasteiger partial charge in [-0.25, -0.2) is 14.5 Å².